The van der Waals surface area contributed by atoms with Crippen molar-refractivity contribution in [2.75, 3.05) is 5.88 Å². The molecule has 1 aromatic rings. The van der Waals surface area contributed by atoms with Gasteiger partial charge < -0.3 is 9.84 Å². The van der Waals surface area contributed by atoms with Crippen molar-refractivity contribution in [2.24, 2.45) is 5.92 Å². The molecule has 1 N–H and O–H groups in total. The standard InChI is InChI=1S/C10H13ClN2O2/c11-6-7-2-1-3-8(7)12-10(14)9-4-5-15-13-9/h4-5,7-8H,1-3,6H2,(H,12,14). The highest BCUT2D eigenvalue weighted by Gasteiger charge is 2.28. The largest absolute Gasteiger partial charge is 0.364 e. The van der Waals surface area contributed by atoms with Gasteiger partial charge in [0.15, 0.2) is 5.69 Å². The molecule has 1 heterocycles. The average Bonchev–Trinajstić information content (AvgIpc) is 2.87. The summed E-state index contributed by atoms with van der Waals surface area (Å²) in [6, 6.07) is 1.74. The number of carbonyl (C=O) groups excluding carboxylic acids is 1. The Hall–Kier alpha value is -1.03. The average molecular weight is 229 g/mol. The number of carbonyl (C=O) groups is 1. The van der Waals surface area contributed by atoms with E-state index in [-0.39, 0.29) is 11.9 Å². The predicted octanol–water partition coefficient (Wildman–Crippen LogP) is 1.81. The quantitative estimate of drug-likeness (QED) is 0.803. The first-order valence-corrected chi connectivity index (χ1v) is 5.62. The lowest BCUT2D eigenvalue weighted by Gasteiger charge is -2.17. The van der Waals surface area contributed by atoms with Crippen LogP contribution in [0.25, 0.3) is 0 Å². The first kappa shape index (κ1) is 10.5. The van der Waals surface area contributed by atoms with Crippen molar-refractivity contribution in [3.05, 3.63) is 18.0 Å². The maximum Gasteiger partial charge on any atom is 0.273 e. The van der Waals surface area contributed by atoms with Crippen molar-refractivity contribution in [2.45, 2.75) is 25.3 Å². The molecule has 1 fully saturated rings. The third kappa shape index (κ3) is 2.31. The highest BCUT2D eigenvalue weighted by atomic mass is 35.5. The smallest absolute Gasteiger partial charge is 0.273 e. The maximum atomic E-state index is 11.6. The van der Waals surface area contributed by atoms with Crippen LogP contribution >= 0.6 is 11.6 Å². The fourth-order valence-electron chi connectivity index (χ4n) is 1.98. The second kappa shape index (κ2) is 4.66. The van der Waals surface area contributed by atoms with Gasteiger partial charge in [-0.25, -0.2) is 0 Å². The molecule has 0 radical (unpaired) electrons. The number of nitrogens with zero attached hydrogens (tertiary/aromatic N) is 1. The van der Waals surface area contributed by atoms with Gasteiger partial charge >= 0.3 is 0 Å². The minimum Gasteiger partial charge on any atom is -0.364 e. The Kier molecular flexibility index (Phi) is 3.26. The van der Waals surface area contributed by atoms with Gasteiger partial charge in [0.2, 0.25) is 0 Å². The third-order valence-corrected chi connectivity index (χ3v) is 3.24. The summed E-state index contributed by atoms with van der Waals surface area (Å²) in [4.78, 5) is 11.6. The summed E-state index contributed by atoms with van der Waals surface area (Å²) in [5, 5.41) is 6.53. The van der Waals surface area contributed by atoms with E-state index in [9.17, 15) is 4.79 Å². The van der Waals surface area contributed by atoms with Crippen LogP contribution in [-0.4, -0.2) is 23.0 Å². The number of aromatic nitrogens is 1. The Morgan fingerprint density at radius 2 is 2.53 bits per heavy atom. The van der Waals surface area contributed by atoms with Gasteiger partial charge in [-0.1, -0.05) is 11.6 Å². The van der Waals surface area contributed by atoms with Crippen LogP contribution in [0.4, 0.5) is 0 Å². The zero-order valence-corrected chi connectivity index (χ0v) is 9.04. The molecule has 1 amide bonds. The molecule has 0 bridgehead atoms. The number of halogens is 1. The van der Waals surface area contributed by atoms with Crippen molar-refractivity contribution in [1.82, 2.24) is 10.5 Å². The van der Waals surface area contributed by atoms with Crippen LogP contribution < -0.4 is 5.32 Å². The van der Waals surface area contributed by atoms with Crippen molar-refractivity contribution >= 4 is 17.5 Å². The summed E-state index contributed by atoms with van der Waals surface area (Å²) in [7, 11) is 0. The summed E-state index contributed by atoms with van der Waals surface area (Å²) in [5.74, 6) is 0.817. The molecule has 0 aliphatic heterocycles. The van der Waals surface area contributed by atoms with Crippen molar-refractivity contribution in [3.8, 4) is 0 Å². The fourth-order valence-corrected chi connectivity index (χ4v) is 2.35. The van der Waals surface area contributed by atoms with Gasteiger partial charge in [0.05, 0.1) is 0 Å². The fraction of sp³-hybridized carbons (Fsp3) is 0.600. The normalized spacial score (nSPS) is 25.4. The molecule has 82 valence electrons. The molecule has 15 heavy (non-hydrogen) atoms. The zero-order valence-electron chi connectivity index (χ0n) is 8.28. The monoisotopic (exact) mass is 228 g/mol. The lowest BCUT2D eigenvalue weighted by molar-refractivity contribution is 0.0921. The molecular weight excluding hydrogens is 216 g/mol. The lowest BCUT2D eigenvalue weighted by atomic mass is 10.1. The number of amides is 1. The first-order chi connectivity index (χ1) is 7.31. The SMILES string of the molecule is O=C(NC1CCCC1CCl)c1ccon1. The van der Waals surface area contributed by atoms with E-state index in [1.807, 2.05) is 0 Å². The van der Waals surface area contributed by atoms with Gasteiger partial charge in [0.25, 0.3) is 5.91 Å². The molecule has 1 aromatic heterocycles. The number of nitrogens with one attached hydrogen (secondary N) is 1. The number of hydrogen-bond acceptors (Lipinski definition) is 3. The molecule has 5 heteroatoms. The Labute approximate surface area is 93.0 Å². The van der Waals surface area contributed by atoms with Crippen molar-refractivity contribution in [3.63, 3.8) is 0 Å². The van der Waals surface area contributed by atoms with E-state index >= 15 is 0 Å². The summed E-state index contributed by atoms with van der Waals surface area (Å²) in [5.41, 5.74) is 0.329. The molecule has 2 atom stereocenters. The second-order valence-electron chi connectivity index (χ2n) is 3.81. The highest BCUT2D eigenvalue weighted by Crippen LogP contribution is 2.26. The molecule has 0 spiro atoms. The summed E-state index contributed by atoms with van der Waals surface area (Å²) >= 11 is 5.83. The molecule has 1 aliphatic rings. The van der Waals surface area contributed by atoms with Crippen LogP contribution in [0.3, 0.4) is 0 Å². The van der Waals surface area contributed by atoms with E-state index in [4.69, 9.17) is 11.6 Å². The third-order valence-electron chi connectivity index (χ3n) is 2.84. The Bertz CT molecular complexity index is 326. The minimum absolute atomic E-state index is 0.175. The van der Waals surface area contributed by atoms with Crippen molar-refractivity contribution < 1.29 is 9.32 Å². The van der Waals surface area contributed by atoms with Gasteiger partial charge in [-0.3, -0.25) is 4.79 Å². The Morgan fingerprint density at radius 1 is 1.67 bits per heavy atom. The Morgan fingerprint density at radius 3 is 3.20 bits per heavy atom. The van der Waals surface area contributed by atoms with Crippen molar-refractivity contribution in [1.29, 1.82) is 0 Å². The highest BCUT2D eigenvalue weighted by molar-refractivity contribution is 6.18. The predicted molar refractivity (Wildman–Crippen MR) is 55.8 cm³/mol. The van der Waals surface area contributed by atoms with Crippen LogP contribution in [0, 0.1) is 5.92 Å². The van der Waals surface area contributed by atoms with Gasteiger partial charge in [0, 0.05) is 18.0 Å². The first-order valence-electron chi connectivity index (χ1n) is 5.08. The van der Waals surface area contributed by atoms with Crippen LogP contribution in [0.1, 0.15) is 29.8 Å². The van der Waals surface area contributed by atoms with Gasteiger partial charge in [-0.15, -0.1) is 11.6 Å². The van der Waals surface area contributed by atoms with Gasteiger partial charge in [-0.05, 0) is 18.8 Å². The van der Waals surface area contributed by atoms with E-state index in [2.05, 4.69) is 15.0 Å². The molecule has 0 aromatic carbocycles. The van der Waals surface area contributed by atoms with E-state index in [0.29, 0.717) is 17.5 Å². The zero-order chi connectivity index (χ0) is 10.7. The minimum atomic E-state index is -0.175. The number of rotatable bonds is 3. The number of alkyl halides is 1. The van der Waals surface area contributed by atoms with Crippen LogP contribution in [0.15, 0.2) is 16.9 Å². The van der Waals surface area contributed by atoms with Crippen LogP contribution in [0.2, 0.25) is 0 Å². The van der Waals surface area contributed by atoms with E-state index in [1.54, 1.807) is 6.07 Å². The van der Waals surface area contributed by atoms with Crippen LogP contribution in [0.5, 0.6) is 0 Å². The summed E-state index contributed by atoms with van der Waals surface area (Å²) in [6.07, 6.45) is 4.61. The Balaban J connectivity index is 1.94. The maximum absolute atomic E-state index is 11.6. The molecule has 4 nitrogen and oxygen atoms in total. The number of hydrogen-bond donors (Lipinski definition) is 1. The topological polar surface area (TPSA) is 55.1 Å². The molecule has 2 rings (SSSR count). The molecule has 1 aliphatic carbocycles. The van der Waals surface area contributed by atoms with Gasteiger partial charge in [-0.2, -0.15) is 0 Å². The van der Waals surface area contributed by atoms with E-state index in [1.165, 1.54) is 6.26 Å². The summed E-state index contributed by atoms with van der Waals surface area (Å²) in [6.45, 7) is 0. The van der Waals surface area contributed by atoms with Crippen LogP contribution in [-0.2, 0) is 0 Å². The molecule has 0 saturated heterocycles. The lowest BCUT2D eigenvalue weighted by Crippen LogP contribution is -2.38. The van der Waals surface area contributed by atoms with E-state index < -0.39 is 0 Å². The molecule has 2 unspecified atom stereocenters. The summed E-state index contributed by atoms with van der Waals surface area (Å²) < 4.78 is 4.62. The van der Waals surface area contributed by atoms with E-state index in [0.717, 1.165) is 19.3 Å². The van der Waals surface area contributed by atoms with Gasteiger partial charge in [0.1, 0.15) is 6.26 Å². The second-order valence-corrected chi connectivity index (χ2v) is 4.12. The molecular formula is C10H13ClN2O2. The molecule has 1 saturated carbocycles.